The lowest BCUT2D eigenvalue weighted by atomic mass is 10.2. The van der Waals surface area contributed by atoms with Gasteiger partial charge >= 0.3 is 5.69 Å². The second-order valence-corrected chi connectivity index (χ2v) is 4.80. The molecule has 21 heavy (non-hydrogen) atoms. The highest BCUT2D eigenvalue weighted by molar-refractivity contribution is 9.10. The monoisotopic (exact) mass is 359 g/mol. The van der Waals surface area contributed by atoms with Crippen LogP contribution in [-0.4, -0.2) is 12.0 Å². The molecule has 110 valence electrons. The van der Waals surface area contributed by atoms with Gasteiger partial charge in [0.15, 0.2) is 23.1 Å². The van der Waals surface area contributed by atoms with Crippen LogP contribution in [0.3, 0.4) is 0 Å². The van der Waals surface area contributed by atoms with Gasteiger partial charge in [0.2, 0.25) is 5.75 Å². The molecule has 2 rings (SSSR count). The van der Waals surface area contributed by atoms with Gasteiger partial charge in [-0.05, 0) is 18.2 Å². The highest BCUT2D eigenvalue weighted by Gasteiger charge is 2.22. The van der Waals surface area contributed by atoms with Crippen LogP contribution in [0, 0.1) is 21.7 Å². The van der Waals surface area contributed by atoms with E-state index in [4.69, 9.17) is 9.47 Å². The summed E-state index contributed by atoms with van der Waals surface area (Å²) in [5.41, 5.74) is -0.632. The van der Waals surface area contributed by atoms with Gasteiger partial charge in [0, 0.05) is 10.5 Å². The molecule has 0 atom stereocenters. The number of rotatable bonds is 4. The van der Waals surface area contributed by atoms with E-state index in [0.717, 1.165) is 12.1 Å². The predicted molar refractivity (Wildman–Crippen MR) is 73.8 cm³/mol. The number of nitrogens with zero attached hydrogens (tertiary/aromatic N) is 1. The van der Waals surface area contributed by atoms with E-state index in [1.807, 2.05) is 0 Å². The van der Waals surface area contributed by atoms with E-state index in [0.29, 0.717) is 10.5 Å². The maximum atomic E-state index is 13.6. The second kappa shape index (κ2) is 6.04. The summed E-state index contributed by atoms with van der Waals surface area (Å²) in [6.07, 6.45) is 0. The Kier molecular flexibility index (Phi) is 4.37. The molecule has 0 heterocycles. The number of nitro benzene ring substituents is 1. The maximum Gasteiger partial charge on any atom is 0.314 e. The number of nitro groups is 1. The van der Waals surface area contributed by atoms with Crippen LogP contribution < -0.4 is 9.47 Å². The fourth-order valence-electron chi connectivity index (χ4n) is 1.58. The van der Waals surface area contributed by atoms with Gasteiger partial charge in [0.25, 0.3) is 0 Å². The van der Waals surface area contributed by atoms with Gasteiger partial charge in [-0.25, -0.2) is 8.78 Å². The average molecular weight is 360 g/mol. The molecule has 0 fully saturated rings. The molecule has 0 N–H and O–H groups in total. The first-order chi connectivity index (χ1) is 9.92. The van der Waals surface area contributed by atoms with Gasteiger partial charge in [-0.3, -0.25) is 10.1 Å². The van der Waals surface area contributed by atoms with Crippen molar-refractivity contribution in [3.05, 3.63) is 56.6 Å². The van der Waals surface area contributed by atoms with E-state index in [1.54, 1.807) is 0 Å². The van der Waals surface area contributed by atoms with Crippen LogP contribution in [0.2, 0.25) is 0 Å². The molecule has 0 saturated carbocycles. The van der Waals surface area contributed by atoms with Crippen molar-refractivity contribution in [1.29, 1.82) is 0 Å². The molecular weight excluding hydrogens is 352 g/mol. The van der Waals surface area contributed by atoms with Crippen molar-refractivity contribution in [3.8, 4) is 17.2 Å². The summed E-state index contributed by atoms with van der Waals surface area (Å²) in [7, 11) is 1.20. The molecule has 2 aromatic carbocycles. The van der Waals surface area contributed by atoms with E-state index in [-0.39, 0.29) is 17.2 Å². The predicted octanol–water partition coefficient (Wildman–Crippen LogP) is 4.44. The van der Waals surface area contributed by atoms with Crippen molar-refractivity contribution >= 4 is 21.6 Å². The first-order valence-corrected chi connectivity index (χ1v) is 6.36. The van der Waals surface area contributed by atoms with Crippen LogP contribution in [0.15, 0.2) is 34.8 Å². The lowest BCUT2D eigenvalue weighted by molar-refractivity contribution is -0.385. The molecule has 0 spiro atoms. The first-order valence-electron chi connectivity index (χ1n) is 5.57. The van der Waals surface area contributed by atoms with Crippen molar-refractivity contribution in [2.24, 2.45) is 0 Å². The Hall–Kier alpha value is -2.22. The minimum Gasteiger partial charge on any atom is -0.494 e. The van der Waals surface area contributed by atoms with Gasteiger partial charge < -0.3 is 9.47 Å². The zero-order valence-corrected chi connectivity index (χ0v) is 12.2. The number of methoxy groups -OCH3 is 1. The van der Waals surface area contributed by atoms with Gasteiger partial charge in [-0.15, -0.1) is 0 Å². The molecule has 2 aromatic rings. The number of hydrogen-bond donors (Lipinski definition) is 0. The van der Waals surface area contributed by atoms with Crippen LogP contribution in [-0.2, 0) is 0 Å². The van der Waals surface area contributed by atoms with E-state index >= 15 is 0 Å². The lowest BCUT2D eigenvalue weighted by Crippen LogP contribution is -1.98. The number of halogens is 3. The Labute approximate surface area is 126 Å². The van der Waals surface area contributed by atoms with Gasteiger partial charge in [-0.1, -0.05) is 15.9 Å². The molecule has 0 unspecified atom stereocenters. The summed E-state index contributed by atoms with van der Waals surface area (Å²) >= 11 is 3.13. The van der Waals surface area contributed by atoms with E-state index in [2.05, 4.69) is 15.9 Å². The van der Waals surface area contributed by atoms with Gasteiger partial charge in [0.1, 0.15) is 0 Å². The zero-order chi connectivity index (χ0) is 15.6. The summed E-state index contributed by atoms with van der Waals surface area (Å²) in [5, 5.41) is 10.9. The zero-order valence-electron chi connectivity index (χ0n) is 10.6. The van der Waals surface area contributed by atoms with Crippen molar-refractivity contribution < 1.29 is 23.2 Å². The summed E-state index contributed by atoms with van der Waals surface area (Å²) < 4.78 is 37.6. The molecule has 0 aromatic heterocycles. The fraction of sp³-hybridized carbons (Fsp3) is 0.0769. The minimum atomic E-state index is -0.911. The standard InChI is InChI=1S/C13H8BrF2NO4/c1-20-11-6-13(10(17(18)19)5-9(11)16)21-12-4-7(14)2-3-8(12)15/h2-6H,1H3. The van der Waals surface area contributed by atoms with Crippen LogP contribution in [0.1, 0.15) is 0 Å². The van der Waals surface area contributed by atoms with E-state index in [1.165, 1.54) is 19.2 Å². The maximum absolute atomic E-state index is 13.6. The summed E-state index contributed by atoms with van der Waals surface area (Å²) in [6.45, 7) is 0. The Morgan fingerprint density at radius 1 is 1.10 bits per heavy atom. The van der Waals surface area contributed by atoms with Crippen LogP contribution >= 0.6 is 15.9 Å². The summed E-state index contributed by atoms with van der Waals surface area (Å²) in [4.78, 5) is 10.1. The van der Waals surface area contributed by atoms with Crippen molar-refractivity contribution in [3.63, 3.8) is 0 Å². The third kappa shape index (κ3) is 3.27. The van der Waals surface area contributed by atoms with Crippen molar-refractivity contribution in [1.82, 2.24) is 0 Å². The molecule has 0 radical (unpaired) electrons. The highest BCUT2D eigenvalue weighted by Crippen LogP contribution is 2.37. The van der Waals surface area contributed by atoms with Crippen molar-refractivity contribution in [2.45, 2.75) is 0 Å². The van der Waals surface area contributed by atoms with Crippen LogP contribution in [0.5, 0.6) is 17.2 Å². The Morgan fingerprint density at radius 2 is 1.81 bits per heavy atom. The van der Waals surface area contributed by atoms with Crippen LogP contribution in [0.25, 0.3) is 0 Å². The first kappa shape index (κ1) is 15.2. The largest absolute Gasteiger partial charge is 0.494 e. The van der Waals surface area contributed by atoms with E-state index < -0.39 is 22.2 Å². The van der Waals surface area contributed by atoms with Gasteiger partial charge in [-0.2, -0.15) is 0 Å². The second-order valence-electron chi connectivity index (χ2n) is 3.89. The smallest absolute Gasteiger partial charge is 0.314 e. The topological polar surface area (TPSA) is 61.6 Å². The molecule has 8 heteroatoms. The third-order valence-electron chi connectivity index (χ3n) is 2.54. The molecule has 0 aliphatic carbocycles. The molecular formula is C13H8BrF2NO4. The average Bonchev–Trinajstić information content (AvgIpc) is 2.44. The minimum absolute atomic E-state index is 0.235. The Bertz CT molecular complexity index is 709. The van der Waals surface area contributed by atoms with Crippen molar-refractivity contribution in [2.75, 3.05) is 7.11 Å². The quantitative estimate of drug-likeness (QED) is 0.598. The Morgan fingerprint density at radius 3 is 2.43 bits per heavy atom. The SMILES string of the molecule is COc1cc(Oc2cc(Br)ccc2F)c([N+](=O)[O-])cc1F. The Balaban J connectivity index is 2.51. The normalized spacial score (nSPS) is 10.3. The third-order valence-corrected chi connectivity index (χ3v) is 3.04. The fourth-order valence-corrected chi connectivity index (χ4v) is 1.92. The van der Waals surface area contributed by atoms with Crippen LogP contribution in [0.4, 0.5) is 14.5 Å². The molecule has 0 aliphatic rings. The van der Waals surface area contributed by atoms with E-state index in [9.17, 15) is 18.9 Å². The number of ether oxygens (including phenoxy) is 2. The number of benzene rings is 2. The summed E-state index contributed by atoms with van der Waals surface area (Å²) in [6, 6.07) is 5.53. The molecule has 0 bridgehead atoms. The molecule has 0 saturated heterocycles. The molecule has 0 amide bonds. The molecule has 0 aliphatic heterocycles. The molecule has 5 nitrogen and oxygen atoms in total. The summed E-state index contributed by atoms with van der Waals surface area (Å²) in [5.74, 6) is -2.43. The lowest BCUT2D eigenvalue weighted by Gasteiger charge is -2.10. The van der Waals surface area contributed by atoms with Gasteiger partial charge in [0.05, 0.1) is 18.1 Å². The highest BCUT2D eigenvalue weighted by atomic mass is 79.9. The number of hydrogen-bond acceptors (Lipinski definition) is 4.